The largest absolute Gasteiger partial charge is 0.477 e. The molecule has 1 aromatic carbocycles. The summed E-state index contributed by atoms with van der Waals surface area (Å²) >= 11 is 0.389. The van der Waals surface area contributed by atoms with Gasteiger partial charge < -0.3 is 15.4 Å². The number of carboxylic acid groups (broad SMARTS) is 1. The molecule has 9 heteroatoms. The van der Waals surface area contributed by atoms with Gasteiger partial charge in [0.15, 0.2) is 11.4 Å². The second kappa shape index (κ2) is 6.35. The van der Waals surface area contributed by atoms with Crippen molar-refractivity contribution in [3.05, 3.63) is 42.0 Å². The van der Waals surface area contributed by atoms with Crippen LogP contribution in [0.5, 0.6) is 0 Å². The molecule has 0 unspecified atom stereocenters. The molecule has 1 aromatic heterocycles. The van der Waals surface area contributed by atoms with Gasteiger partial charge in [-0.3, -0.25) is 4.79 Å². The van der Waals surface area contributed by atoms with Crippen LogP contribution < -0.4 is 5.32 Å². The molecule has 0 fully saturated rings. The number of rotatable bonds is 5. The molecule has 0 bridgehead atoms. The molecule has 1 heterocycles. The van der Waals surface area contributed by atoms with Gasteiger partial charge in [-0.25, -0.2) is 9.78 Å². The lowest BCUT2D eigenvalue weighted by Gasteiger charge is -2.05. The number of imidazole rings is 1. The summed E-state index contributed by atoms with van der Waals surface area (Å²) in [5.74, 6) is -4.53. The summed E-state index contributed by atoms with van der Waals surface area (Å²) in [5, 5.41) is 11.3. The van der Waals surface area contributed by atoms with Gasteiger partial charge in [-0.15, -0.1) is 0 Å². The molecule has 0 aliphatic heterocycles. The van der Waals surface area contributed by atoms with Crippen LogP contribution in [0.25, 0.3) is 0 Å². The van der Waals surface area contributed by atoms with Gasteiger partial charge in [-0.1, -0.05) is 11.8 Å². The van der Waals surface area contributed by atoms with E-state index in [0.717, 1.165) is 6.33 Å². The number of aromatic nitrogens is 2. The van der Waals surface area contributed by atoms with Crippen LogP contribution in [-0.4, -0.2) is 32.7 Å². The Morgan fingerprint density at radius 1 is 1.29 bits per heavy atom. The van der Waals surface area contributed by atoms with Crippen LogP contribution in [0.15, 0.2) is 35.5 Å². The second-order valence-corrected chi connectivity index (χ2v) is 4.85. The Morgan fingerprint density at radius 2 is 1.95 bits per heavy atom. The van der Waals surface area contributed by atoms with E-state index in [9.17, 15) is 18.4 Å². The first-order chi connectivity index (χ1) is 9.97. The fraction of sp³-hybridized carbons (Fsp3) is 0.0833. The summed E-state index contributed by atoms with van der Waals surface area (Å²) in [5.41, 5.74) is -0.233. The van der Waals surface area contributed by atoms with Gasteiger partial charge in [0, 0.05) is 10.6 Å². The van der Waals surface area contributed by atoms with Crippen molar-refractivity contribution in [3.8, 4) is 0 Å². The van der Waals surface area contributed by atoms with E-state index in [-0.39, 0.29) is 11.4 Å². The molecule has 110 valence electrons. The first-order valence-electron chi connectivity index (χ1n) is 5.60. The Kier molecular flexibility index (Phi) is 4.53. The predicted molar refractivity (Wildman–Crippen MR) is 71.8 cm³/mol. The summed E-state index contributed by atoms with van der Waals surface area (Å²) in [7, 11) is 0. The number of benzene rings is 1. The van der Waals surface area contributed by atoms with Crippen molar-refractivity contribution in [2.45, 2.75) is 10.7 Å². The molecule has 0 aliphatic rings. The number of thioether (sulfide) groups is 1. The van der Waals surface area contributed by atoms with Crippen LogP contribution >= 0.6 is 11.8 Å². The molecule has 0 atom stereocenters. The maximum absolute atomic E-state index is 12.2. The highest BCUT2D eigenvalue weighted by Crippen LogP contribution is 2.26. The van der Waals surface area contributed by atoms with Gasteiger partial charge in [0.2, 0.25) is 0 Å². The van der Waals surface area contributed by atoms with Gasteiger partial charge in [-0.05, 0) is 24.3 Å². The maximum Gasteiger partial charge on any atom is 0.354 e. The van der Waals surface area contributed by atoms with E-state index < -0.39 is 17.6 Å². The fourth-order valence-corrected chi connectivity index (χ4v) is 2.04. The number of nitrogens with one attached hydrogen (secondary N) is 2. The number of alkyl halides is 2. The molecule has 2 rings (SSSR count). The van der Waals surface area contributed by atoms with Crippen molar-refractivity contribution < 1.29 is 23.5 Å². The highest BCUT2D eigenvalue weighted by atomic mass is 32.2. The first-order valence-corrected chi connectivity index (χ1v) is 6.48. The molecule has 0 spiro atoms. The first kappa shape index (κ1) is 15.0. The maximum atomic E-state index is 12.2. The smallest absolute Gasteiger partial charge is 0.354 e. The fourth-order valence-electron chi connectivity index (χ4n) is 1.54. The number of amides is 1. The SMILES string of the molecule is O=C(Nc1ccc(SC(F)F)cc1)c1nc[nH]c1C(=O)O. The number of carboxylic acids is 1. The number of H-pyrrole nitrogens is 1. The van der Waals surface area contributed by atoms with E-state index in [2.05, 4.69) is 15.3 Å². The standard InChI is InChI=1S/C12H9F2N3O3S/c13-12(14)21-7-3-1-6(2-4-7)17-10(18)8-9(11(19)20)16-5-15-8/h1-5,12H,(H,15,16)(H,17,18)(H,19,20). The minimum atomic E-state index is -2.52. The van der Waals surface area contributed by atoms with Gasteiger partial charge >= 0.3 is 5.97 Å². The van der Waals surface area contributed by atoms with E-state index in [4.69, 9.17) is 5.11 Å². The molecular formula is C12H9F2N3O3S. The summed E-state index contributed by atoms with van der Waals surface area (Å²) < 4.78 is 24.3. The monoisotopic (exact) mass is 313 g/mol. The number of carbonyl (C=O) groups is 2. The van der Waals surface area contributed by atoms with Crippen LogP contribution in [-0.2, 0) is 0 Å². The number of aromatic amines is 1. The van der Waals surface area contributed by atoms with E-state index >= 15 is 0 Å². The molecule has 2 aromatic rings. The van der Waals surface area contributed by atoms with E-state index in [1.807, 2.05) is 0 Å². The van der Waals surface area contributed by atoms with Crippen LogP contribution in [0.1, 0.15) is 21.0 Å². The lowest BCUT2D eigenvalue weighted by molar-refractivity contribution is 0.0686. The Balaban J connectivity index is 2.09. The number of aromatic carboxylic acids is 1. The van der Waals surface area contributed by atoms with Crippen molar-refractivity contribution in [2.24, 2.45) is 0 Å². The third kappa shape index (κ3) is 3.78. The number of hydrogen-bond donors (Lipinski definition) is 3. The molecule has 0 aliphatic carbocycles. The van der Waals surface area contributed by atoms with Gasteiger partial charge in [0.1, 0.15) is 0 Å². The zero-order chi connectivity index (χ0) is 15.4. The van der Waals surface area contributed by atoms with E-state index in [1.165, 1.54) is 24.3 Å². The lowest BCUT2D eigenvalue weighted by Crippen LogP contribution is -2.16. The van der Waals surface area contributed by atoms with Crippen molar-refractivity contribution in [2.75, 3.05) is 5.32 Å². The second-order valence-electron chi connectivity index (χ2n) is 3.79. The number of hydrogen-bond acceptors (Lipinski definition) is 4. The number of nitrogens with zero attached hydrogens (tertiary/aromatic N) is 1. The average molecular weight is 313 g/mol. The third-order valence-corrected chi connectivity index (χ3v) is 3.13. The normalized spacial score (nSPS) is 10.6. The Hall–Kier alpha value is -2.42. The minimum Gasteiger partial charge on any atom is -0.477 e. The average Bonchev–Trinajstić information content (AvgIpc) is 2.90. The highest BCUT2D eigenvalue weighted by Gasteiger charge is 2.19. The van der Waals surface area contributed by atoms with Gasteiger partial charge in [-0.2, -0.15) is 8.78 Å². The number of halogens is 2. The zero-order valence-corrected chi connectivity index (χ0v) is 11.2. The minimum absolute atomic E-state index is 0.256. The molecule has 21 heavy (non-hydrogen) atoms. The Bertz CT molecular complexity index is 658. The van der Waals surface area contributed by atoms with Crippen molar-refractivity contribution in [3.63, 3.8) is 0 Å². The number of carbonyl (C=O) groups excluding carboxylic acids is 1. The van der Waals surface area contributed by atoms with Crippen molar-refractivity contribution >= 4 is 29.3 Å². The van der Waals surface area contributed by atoms with E-state index in [0.29, 0.717) is 22.3 Å². The Labute approximate surface area is 121 Å². The quantitative estimate of drug-likeness (QED) is 0.738. The summed E-state index contributed by atoms with van der Waals surface area (Å²) in [6.45, 7) is 0. The molecule has 1 amide bonds. The molecule has 0 saturated heterocycles. The highest BCUT2D eigenvalue weighted by molar-refractivity contribution is 7.99. The predicted octanol–water partition coefficient (Wildman–Crippen LogP) is 2.67. The molecule has 0 radical (unpaired) electrons. The molecule has 6 nitrogen and oxygen atoms in total. The molecule has 3 N–H and O–H groups in total. The van der Waals surface area contributed by atoms with Crippen LogP contribution in [0.3, 0.4) is 0 Å². The zero-order valence-electron chi connectivity index (χ0n) is 10.3. The van der Waals surface area contributed by atoms with Crippen molar-refractivity contribution in [1.29, 1.82) is 0 Å². The van der Waals surface area contributed by atoms with Crippen molar-refractivity contribution in [1.82, 2.24) is 9.97 Å². The summed E-state index contributed by atoms with van der Waals surface area (Å²) in [6, 6.07) is 5.73. The Morgan fingerprint density at radius 3 is 2.52 bits per heavy atom. The van der Waals surface area contributed by atoms with Crippen LogP contribution in [0.4, 0.5) is 14.5 Å². The van der Waals surface area contributed by atoms with Gasteiger partial charge in [0.25, 0.3) is 11.7 Å². The number of anilines is 1. The molecule has 0 saturated carbocycles. The summed E-state index contributed by atoms with van der Waals surface area (Å²) in [4.78, 5) is 29.1. The third-order valence-electron chi connectivity index (χ3n) is 2.41. The molecular weight excluding hydrogens is 304 g/mol. The topological polar surface area (TPSA) is 95.1 Å². The van der Waals surface area contributed by atoms with Gasteiger partial charge in [0.05, 0.1) is 6.33 Å². The van der Waals surface area contributed by atoms with E-state index in [1.54, 1.807) is 0 Å². The summed E-state index contributed by atoms with van der Waals surface area (Å²) in [6.07, 6.45) is 1.10. The van der Waals surface area contributed by atoms with Crippen LogP contribution in [0, 0.1) is 0 Å². The lowest BCUT2D eigenvalue weighted by atomic mass is 10.2. The van der Waals surface area contributed by atoms with Crippen LogP contribution in [0.2, 0.25) is 0 Å².